The van der Waals surface area contributed by atoms with Gasteiger partial charge in [-0.1, -0.05) is 54.6 Å². The van der Waals surface area contributed by atoms with Crippen LogP contribution >= 0.6 is 0 Å². The summed E-state index contributed by atoms with van der Waals surface area (Å²) in [6.07, 6.45) is 0. The molecule has 3 aliphatic carbocycles. The van der Waals surface area contributed by atoms with E-state index < -0.39 is 36.4 Å². The van der Waals surface area contributed by atoms with E-state index in [0.717, 1.165) is 38.3 Å². The van der Waals surface area contributed by atoms with E-state index in [4.69, 9.17) is 4.74 Å². The predicted octanol–water partition coefficient (Wildman–Crippen LogP) is 4.07. The van der Waals surface area contributed by atoms with E-state index in [1.807, 2.05) is 74.5 Å². The summed E-state index contributed by atoms with van der Waals surface area (Å²) in [5.74, 6) is -3.63. The van der Waals surface area contributed by atoms with E-state index in [1.54, 1.807) is 6.07 Å². The normalized spacial score (nSPS) is 23.4. The van der Waals surface area contributed by atoms with E-state index >= 15 is 0 Å². The molecule has 1 aliphatic heterocycles. The van der Waals surface area contributed by atoms with Crippen molar-refractivity contribution < 1.29 is 23.9 Å². The number of anilines is 1. The number of nitrogens with zero attached hydrogens (tertiary/aromatic N) is 1. The zero-order valence-corrected chi connectivity index (χ0v) is 21.4. The molecule has 0 unspecified atom stereocenters. The maximum absolute atomic E-state index is 13.8. The average molecular weight is 509 g/mol. The van der Waals surface area contributed by atoms with E-state index in [0.29, 0.717) is 5.69 Å². The van der Waals surface area contributed by atoms with Crippen molar-refractivity contribution in [2.75, 3.05) is 11.9 Å². The molecule has 0 aromatic heterocycles. The van der Waals surface area contributed by atoms with Crippen LogP contribution in [0.3, 0.4) is 0 Å². The number of hydrogen-bond acceptors (Lipinski definition) is 5. The minimum Gasteiger partial charge on any atom is -0.454 e. The lowest BCUT2D eigenvalue weighted by atomic mass is 9.55. The van der Waals surface area contributed by atoms with Crippen molar-refractivity contribution in [1.29, 1.82) is 0 Å². The van der Waals surface area contributed by atoms with E-state index in [2.05, 4.69) is 5.32 Å². The van der Waals surface area contributed by atoms with Gasteiger partial charge in [0.25, 0.3) is 5.91 Å². The fraction of sp³-hybridized carbons (Fsp3) is 0.290. The molecule has 3 aromatic rings. The highest BCUT2D eigenvalue weighted by atomic mass is 16.5. The number of amides is 3. The van der Waals surface area contributed by atoms with Gasteiger partial charge in [0.05, 0.1) is 11.8 Å². The number of likely N-dealkylation sites (tertiary alicyclic amines) is 1. The first-order valence-electron chi connectivity index (χ1n) is 12.9. The Balaban J connectivity index is 1.20. The Labute approximate surface area is 220 Å². The van der Waals surface area contributed by atoms with Crippen LogP contribution in [0.5, 0.6) is 0 Å². The number of hydrogen-bond donors (Lipinski definition) is 1. The maximum Gasteiger partial charge on any atom is 0.329 e. The Morgan fingerprint density at radius 3 is 1.79 bits per heavy atom. The number of carbonyl (C=O) groups is 4. The molecule has 0 saturated carbocycles. The molecule has 1 heterocycles. The zero-order chi connectivity index (χ0) is 26.7. The fourth-order valence-electron chi connectivity index (χ4n) is 6.46. The summed E-state index contributed by atoms with van der Waals surface area (Å²) in [6, 6.07) is 20.3. The summed E-state index contributed by atoms with van der Waals surface area (Å²) >= 11 is 0. The van der Waals surface area contributed by atoms with Crippen LogP contribution in [0.4, 0.5) is 5.69 Å². The molecule has 1 N–H and O–H groups in total. The number of nitrogens with one attached hydrogen (secondary N) is 1. The van der Waals surface area contributed by atoms with Crippen molar-refractivity contribution >= 4 is 29.4 Å². The second kappa shape index (κ2) is 8.94. The van der Waals surface area contributed by atoms with Crippen molar-refractivity contribution in [3.8, 4) is 0 Å². The van der Waals surface area contributed by atoms with Gasteiger partial charge in [-0.25, -0.2) is 4.79 Å². The van der Waals surface area contributed by atoms with Crippen molar-refractivity contribution in [2.24, 2.45) is 11.8 Å². The molecular weight excluding hydrogens is 480 g/mol. The smallest absolute Gasteiger partial charge is 0.329 e. The largest absolute Gasteiger partial charge is 0.454 e. The molecule has 1 fully saturated rings. The van der Waals surface area contributed by atoms with Gasteiger partial charge < -0.3 is 10.1 Å². The first-order valence-corrected chi connectivity index (χ1v) is 12.9. The lowest BCUT2D eigenvalue weighted by Gasteiger charge is -2.45. The molecule has 0 spiro atoms. The van der Waals surface area contributed by atoms with Crippen LogP contribution in [0.25, 0.3) is 0 Å². The van der Waals surface area contributed by atoms with Crippen molar-refractivity contribution in [1.82, 2.24) is 4.90 Å². The molecule has 7 nitrogen and oxygen atoms in total. The molecule has 7 rings (SSSR count). The third kappa shape index (κ3) is 3.56. The summed E-state index contributed by atoms with van der Waals surface area (Å²) < 4.78 is 5.25. The summed E-state index contributed by atoms with van der Waals surface area (Å²) in [4.78, 5) is 53.9. The number of ether oxygens (including phenoxy) is 1. The lowest BCUT2D eigenvalue weighted by Crippen LogP contribution is -2.45. The van der Waals surface area contributed by atoms with Gasteiger partial charge in [-0.2, -0.15) is 0 Å². The minimum absolute atomic E-state index is 0.245. The molecule has 2 bridgehead atoms. The molecule has 0 radical (unpaired) electrons. The number of imide groups is 1. The number of rotatable bonds is 5. The second-order valence-electron chi connectivity index (χ2n) is 10.4. The van der Waals surface area contributed by atoms with Crippen LogP contribution in [0.15, 0.2) is 66.7 Å². The topological polar surface area (TPSA) is 92.8 Å². The van der Waals surface area contributed by atoms with Gasteiger partial charge in [0.15, 0.2) is 6.61 Å². The van der Waals surface area contributed by atoms with Gasteiger partial charge in [0.1, 0.15) is 6.04 Å². The Bertz CT molecular complexity index is 1400. The van der Waals surface area contributed by atoms with Crippen LogP contribution in [-0.4, -0.2) is 41.2 Å². The summed E-state index contributed by atoms with van der Waals surface area (Å²) in [6.45, 7) is 4.89. The molecular formula is C31H28N2O5. The number of carbonyl (C=O) groups excluding carboxylic acids is 4. The number of aryl methyl sites for hydroxylation is 2. The quantitative estimate of drug-likeness (QED) is 0.414. The fourth-order valence-corrected chi connectivity index (χ4v) is 6.46. The van der Waals surface area contributed by atoms with Crippen molar-refractivity contribution in [2.45, 2.75) is 38.6 Å². The Morgan fingerprint density at radius 1 is 0.816 bits per heavy atom. The third-order valence-corrected chi connectivity index (χ3v) is 8.35. The molecule has 3 amide bonds. The Hall–Kier alpha value is -4.26. The van der Waals surface area contributed by atoms with Crippen LogP contribution in [0.1, 0.15) is 52.1 Å². The zero-order valence-electron chi connectivity index (χ0n) is 21.4. The number of benzene rings is 3. The first-order chi connectivity index (χ1) is 18.3. The van der Waals surface area contributed by atoms with Gasteiger partial charge in [-0.15, -0.1) is 0 Å². The lowest BCUT2D eigenvalue weighted by molar-refractivity contribution is -0.159. The van der Waals surface area contributed by atoms with E-state index in [9.17, 15) is 19.2 Å². The molecule has 7 heteroatoms. The predicted molar refractivity (Wildman–Crippen MR) is 140 cm³/mol. The monoisotopic (exact) mass is 508 g/mol. The Morgan fingerprint density at radius 2 is 1.32 bits per heavy atom. The molecule has 4 aliphatic rings. The molecule has 192 valence electrons. The van der Waals surface area contributed by atoms with Gasteiger partial charge >= 0.3 is 5.97 Å². The molecule has 3 aromatic carbocycles. The molecule has 1 saturated heterocycles. The van der Waals surface area contributed by atoms with Crippen LogP contribution in [0, 0.1) is 25.7 Å². The number of esters is 1. The second-order valence-corrected chi connectivity index (χ2v) is 10.4. The van der Waals surface area contributed by atoms with Crippen LogP contribution < -0.4 is 5.32 Å². The van der Waals surface area contributed by atoms with Gasteiger partial charge in [-0.3, -0.25) is 19.3 Å². The van der Waals surface area contributed by atoms with Crippen LogP contribution in [-0.2, 0) is 23.9 Å². The summed E-state index contributed by atoms with van der Waals surface area (Å²) in [5.41, 5.74) is 7.00. The SMILES string of the molecule is Cc1ccc(NC(=O)COC(=O)[C@@H](C)N2C(=O)[C@@H]3C4c5ccccc5C(c5ccccc54)[C@@H]3C2=O)cc1C. The average Bonchev–Trinajstić information content (AvgIpc) is 3.19. The molecule has 3 atom stereocenters. The van der Waals surface area contributed by atoms with Gasteiger partial charge in [0.2, 0.25) is 11.8 Å². The highest BCUT2D eigenvalue weighted by molar-refractivity contribution is 6.10. The van der Waals surface area contributed by atoms with E-state index in [-0.39, 0.29) is 23.7 Å². The molecule has 38 heavy (non-hydrogen) atoms. The first kappa shape index (κ1) is 24.1. The maximum atomic E-state index is 13.8. The standard InChI is InChI=1S/C31H28N2O5/c1-16-12-13-19(14-17(16)2)32-24(34)15-38-31(37)18(3)33-29(35)27-25-20-8-4-5-9-21(20)26(28(27)30(33)36)23-11-7-6-10-22(23)25/h4-14,18,25-28H,15H2,1-3H3,(H,32,34)/t18-,25?,26?,27-,28+/m1/s1. The highest BCUT2D eigenvalue weighted by Gasteiger charge is 2.62. The van der Waals surface area contributed by atoms with E-state index in [1.165, 1.54) is 6.92 Å². The van der Waals surface area contributed by atoms with Crippen molar-refractivity contribution in [3.05, 3.63) is 100 Å². The van der Waals surface area contributed by atoms with Gasteiger partial charge in [-0.05, 0) is 66.3 Å². The third-order valence-electron chi connectivity index (χ3n) is 8.35. The summed E-state index contributed by atoms with van der Waals surface area (Å²) in [7, 11) is 0. The summed E-state index contributed by atoms with van der Waals surface area (Å²) in [5, 5.41) is 2.71. The van der Waals surface area contributed by atoms with Gasteiger partial charge in [0, 0.05) is 17.5 Å². The van der Waals surface area contributed by atoms with Crippen molar-refractivity contribution in [3.63, 3.8) is 0 Å². The minimum atomic E-state index is -1.14. The highest BCUT2D eigenvalue weighted by Crippen LogP contribution is 2.61. The Kier molecular flexibility index (Phi) is 5.67. The van der Waals surface area contributed by atoms with Crippen LogP contribution in [0.2, 0.25) is 0 Å².